The minimum absolute atomic E-state index is 0.154. The third-order valence-electron chi connectivity index (χ3n) is 5.37. The van der Waals surface area contributed by atoms with E-state index in [0.29, 0.717) is 36.5 Å². The second kappa shape index (κ2) is 9.16. The number of rotatable bonds is 4. The van der Waals surface area contributed by atoms with Gasteiger partial charge in [0.25, 0.3) is 5.91 Å². The van der Waals surface area contributed by atoms with Gasteiger partial charge in [-0.05, 0) is 48.5 Å². The quantitative estimate of drug-likeness (QED) is 0.197. The Kier molecular flexibility index (Phi) is 6.25. The van der Waals surface area contributed by atoms with E-state index >= 15 is 0 Å². The summed E-state index contributed by atoms with van der Waals surface area (Å²) < 4.78 is 2.58. The fourth-order valence-electron chi connectivity index (χ4n) is 3.80. The number of thioether (sulfide) groups is 1. The molecular formula is C25H15Cl3N2OS2. The van der Waals surface area contributed by atoms with Crippen LogP contribution in [0.5, 0.6) is 0 Å². The van der Waals surface area contributed by atoms with Gasteiger partial charge in [-0.3, -0.25) is 9.69 Å². The van der Waals surface area contributed by atoms with Crippen molar-refractivity contribution in [3.8, 4) is 0 Å². The van der Waals surface area contributed by atoms with E-state index in [9.17, 15) is 4.79 Å². The molecule has 0 bridgehead atoms. The minimum atomic E-state index is -0.154. The number of hydrogen-bond donors (Lipinski definition) is 0. The third-order valence-corrected chi connectivity index (χ3v) is 7.64. The van der Waals surface area contributed by atoms with Crippen LogP contribution in [0.4, 0.5) is 5.69 Å². The minimum Gasteiger partial charge on any atom is -0.342 e. The first-order valence-corrected chi connectivity index (χ1v) is 12.3. The molecule has 0 saturated carbocycles. The van der Waals surface area contributed by atoms with E-state index < -0.39 is 0 Å². The number of thiocarbonyl (C=S) groups is 1. The Morgan fingerprint density at radius 2 is 1.61 bits per heavy atom. The Labute approximate surface area is 215 Å². The predicted molar refractivity (Wildman–Crippen MR) is 145 cm³/mol. The van der Waals surface area contributed by atoms with Crippen LogP contribution in [0.1, 0.15) is 11.1 Å². The number of para-hydroxylation sites is 1. The highest BCUT2D eigenvalue weighted by Crippen LogP contribution is 2.38. The maximum Gasteiger partial charge on any atom is 0.270 e. The van der Waals surface area contributed by atoms with E-state index in [1.54, 1.807) is 24.3 Å². The van der Waals surface area contributed by atoms with Crippen molar-refractivity contribution in [1.29, 1.82) is 0 Å². The number of carbonyl (C=O) groups is 1. The lowest BCUT2D eigenvalue weighted by atomic mass is 10.1. The van der Waals surface area contributed by atoms with Crippen molar-refractivity contribution >= 4 is 91.7 Å². The Balaban J connectivity index is 1.54. The number of benzene rings is 3. The van der Waals surface area contributed by atoms with Gasteiger partial charge in [0.2, 0.25) is 0 Å². The Morgan fingerprint density at radius 3 is 2.33 bits per heavy atom. The van der Waals surface area contributed by atoms with E-state index in [-0.39, 0.29) is 5.91 Å². The van der Waals surface area contributed by atoms with Gasteiger partial charge in [-0.2, -0.15) is 0 Å². The molecule has 1 aliphatic rings. The van der Waals surface area contributed by atoms with Crippen LogP contribution in [-0.2, 0) is 11.3 Å². The molecule has 1 amide bonds. The van der Waals surface area contributed by atoms with Crippen LogP contribution in [0.2, 0.25) is 15.1 Å². The van der Waals surface area contributed by atoms with Crippen molar-refractivity contribution in [2.45, 2.75) is 6.54 Å². The highest BCUT2D eigenvalue weighted by atomic mass is 35.5. The molecule has 1 fully saturated rings. The number of anilines is 1. The van der Waals surface area contributed by atoms with Crippen LogP contribution >= 0.6 is 58.8 Å². The monoisotopic (exact) mass is 528 g/mol. The molecule has 8 heteroatoms. The molecule has 0 unspecified atom stereocenters. The maximum absolute atomic E-state index is 13.2. The highest BCUT2D eigenvalue weighted by Gasteiger charge is 2.33. The molecule has 0 atom stereocenters. The normalized spacial score (nSPS) is 15.2. The lowest BCUT2D eigenvalue weighted by Gasteiger charge is -2.14. The zero-order valence-corrected chi connectivity index (χ0v) is 20.9. The van der Waals surface area contributed by atoms with Crippen molar-refractivity contribution in [3.63, 3.8) is 0 Å². The molecule has 1 aliphatic heterocycles. The van der Waals surface area contributed by atoms with E-state index in [4.69, 9.17) is 47.0 Å². The van der Waals surface area contributed by atoms with Crippen molar-refractivity contribution in [3.05, 3.63) is 104 Å². The van der Waals surface area contributed by atoms with Gasteiger partial charge < -0.3 is 4.57 Å². The summed E-state index contributed by atoms with van der Waals surface area (Å²) >= 11 is 25.6. The van der Waals surface area contributed by atoms with Crippen molar-refractivity contribution in [2.75, 3.05) is 4.90 Å². The first-order valence-electron chi connectivity index (χ1n) is 9.96. The summed E-state index contributed by atoms with van der Waals surface area (Å²) in [5, 5.41) is 2.86. The number of nitrogens with zero attached hydrogens (tertiary/aromatic N) is 2. The van der Waals surface area contributed by atoms with E-state index in [0.717, 1.165) is 22.0 Å². The van der Waals surface area contributed by atoms with Crippen LogP contribution in [0.25, 0.3) is 17.0 Å². The Hall–Kier alpha value is -2.28. The maximum atomic E-state index is 13.2. The smallest absolute Gasteiger partial charge is 0.270 e. The Morgan fingerprint density at radius 1 is 0.909 bits per heavy atom. The molecule has 0 radical (unpaired) electrons. The fourth-order valence-corrected chi connectivity index (χ4v) is 5.73. The number of amides is 1. The predicted octanol–water partition coefficient (Wildman–Crippen LogP) is 8.06. The van der Waals surface area contributed by atoms with Crippen LogP contribution in [0, 0.1) is 0 Å². The molecule has 1 aromatic heterocycles. The van der Waals surface area contributed by atoms with E-state index in [1.165, 1.54) is 16.7 Å². The van der Waals surface area contributed by atoms with Gasteiger partial charge in [0.1, 0.15) is 0 Å². The molecule has 0 N–H and O–H groups in total. The molecule has 4 aromatic rings. The van der Waals surface area contributed by atoms with Crippen molar-refractivity contribution < 1.29 is 4.79 Å². The molecule has 5 rings (SSSR count). The first-order chi connectivity index (χ1) is 15.9. The average Bonchev–Trinajstić information content (AvgIpc) is 3.28. The van der Waals surface area contributed by atoms with Crippen molar-refractivity contribution in [2.24, 2.45) is 0 Å². The SMILES string of the molecule is O=C1/C(=C\c2cn(Cc3c(Cl)cccc3Cl)c3ccccc23)SC(=S)N1c1ccc(Cl)cc1. The fraction of sp³-hybridized carbons (Fsp3) is 0.0400. The summed E-state index contributed by atoms with van der Waals surface area (Å²) in [7, 11) is 0. The molecule has 3 nitrogen and oxygen atoms in total. The molecule has 3 aromatic carbocycles. The zero-order valence-electron chi connectivity index (χ0n) is 17.0. The highest BCUT2D eigenvalue weighted by molar-refractivity contribution is 8.27. The summed E-state index contributed by atoms with van der Waals surface area (Å²) in [4.78, 5) is 15.3. The number of hydrogen-bond acceptors (Lipinski definition) is 3. The van der Waals surface area contributed by atoms with Crippen LogP contribution in [-0.4, -0.2) is 14.8 Å². The number of halogens is 3. The molecule has 0 spiro atoms. The zero-order chi connectivity index (χ0) is 23.1. The van der Waals surface area contributed by atoms with E-state index in [1.807, 2.05) is 54.7 Å². The lowest BCUT2D eigenvalue weighted by molar-refractivity contribution is -0.113. The molecule has 2 heterocycles. The summed E-state index contributed by atoms with van der Waals surface area (Å²) in [5.41, 5.74) is 3.49. The van der Waals surface area contributed by atoms with Gasteiger partial charge in [0, 0.05) is 43.3 Å². The molecule has 164 valence electrons. The van der Waals surface area contributed by atoms with Crippen LogP contribution in [0.15, 0.2) is 77.8 Å². The summed E-state index contributed by atoms with van der Waals surface area (Å²) in [6.07, 6.45) is 3.90. The number of fused-ring (bicyclic) bond motifs is 1. The standard InChI is InChI=1S/C25H15Cl3N2OS2/c26-16-8-10-17(11-9-16)30-24(31)23(33-25(30)32)12-15-13-29(22-7-2-1-4-18(15)22)14-19-20(27)5-3-6-21(19)28/h1-13H,14H2/b23-12+. The van der Waals surface area contributed by atoms with Gasteiger partial charge in [-0.1, -0.05) is 83.0 Å². The van der Waals surface area contributed by atoms with Crippen LogP contribution in [0.3, 0.4) is 0 Å². The Bertz CT molecular complexity index is 1420. The first kappa shape index (κ1) is 22.5. The summed E-state index contributed by atoms with van der Waals surface area (Å²) in [5.74, 6) is -0.154. The second-order valence-electron chi connectivity index (χ2n) is 7.42. The average molecular weight is 530 g/mol. The molecular weight excluding hydrogens is 515 g/mol. The molecule has 33 heavy (non-hydrogen) atoms. The van der Waals surface area contributed by atoms with Gasteiger partial charge >= 0.3 is 0 Å². The molecule has 0 aliphatic carbocycles. The summed E-state index contributed by atoms with van der Waals surface area (Å²) in [6.45, 7) is 0.512. The van der Waals surface area contributed by atoms with Gasteiger partial charge in [-0.25, -0.2) is 0 Å². The van der Waals surface area contributed by atoms with E-state index in [2.05, 4.69) is 4.57 Å². The lowest BCUT2D eigenvalue weighted by Crippen LogP contribution is -2.27. The number of carbonyl (C=O) groups excluding carboxylic acids is 1. The van der Waals surface area contributed by atoms with Crippen molar-refractivity contribution in [1.82, 2.24) is 4.57 Å². The van der Waals surface area contributed by atoms with Gasteiger partial charge in [0.15, 0.2) is 4.32 Å². The van der Waals surface area contributed by atoms with Gasteiger partial charge in [-0.15, -0.1) is 0 Å². The number of aromatic nitrogens is 1. The largest absolute Gasteiger partial charge is 0.342 e. The third kappa shape index (κ3) is 4.32. The summed E-state index contributed by atoms with van der Waals surface area (Å²) in [6, 6.07) is 20.6. The molecule has 1 saturated heterocycles. The van der Waals surface area contributed by atoms with Gasteiger partial charge in [0.05, 0.1) is 17.1 Å². The van der Waals surface area contributed by atoms with Crippen LogP contribution < -0.4 is 4.90 Å². The topological polar surface area (TPSA) is 25.2 Å². The second-order valence-corrected chi connectivity index (χ2v) is 10.3.